The van der Waals surface area contributed by atoms with Crippen molar-refractivity contribution in [3.8, 4) is 11.5 Å². The van der Waals surface area contributed by atoms with E-state index in [-0.39, 0.29) is 24.2 Å². The Morgan fingerprint density at radius 2 is 2.29 bits per heavy atom. The molecule has 0 spiro atoms. The molecular weight excluding hydrogens is 272 g/mol. The van der Waals surface area contributed by atoms with Crippen molar-refractivity contribution in [2.45, 2.75) is 31.7 Å². The van der Waals surface area contributed by atoms with Crippen LogP contribution in [0.1, 0.15) is 36.2 Å². The number of hydrogen-bond donors (Lipinski definition) is 1. The molecular formula is C15H18N2O4. The molecule has 1 aliphatic rings. The van der Waals surface area contributed by atoms with Crippen molar-refractivity contribution in [2.24, 2.45) is 0 Å². The van der Waals surface area contributed by atoms with E-state index in [9.17, 15) is 9.90 Å². The van der Waals surface area contributed by atoms with Crippen molar-refractivity contribution in [3.05, 3.63) is 30.2 Å². The van der Waals surface area contributed by atoms with E-state index in [1.54, 1.807) is 23.1 Å². The first-order valence-corrected chi connectivity index (χ1v) is 7.22. The third-order valence-corrected chi connectivity index (χ3v) is 3.84. The molecule has 112 valence electrons. The van der Waals surface area contributed by atoms with Crippen LogP contribution in [0.15, 0.2) is 33.4 Å². The van der Waals surface area contributed by atoms with Crippen LogP contribution in [-0.4, -0.2) is 40.3 Å². The molecule has 3 heterocycles. The fourth-order valence-electron chi connectivity index (χ4n) is 2.69. The number of carbonyl (C=O) groups is 1. The zero-order valence-corrected chi connectivity index (χ0v) is 11.7. The molecule has 0 bridgehead atoms. The lowest BCUT2D eigenvalue weighted by Crippen LogP contribution is -2.42. The summed E-state index contributed by atoms with van der Waals surface area (Å²) in [6, 6.07) is 4.94. The van der Waals surface area contributed by atoms with E-state index >= 15 is 0 Å². The summed E-state index contributed by atoms with van der Waals surface area (Å²) in [4.78, 5) is 14.3. The maximum absolute atomic E-state index is 12.6. The van der Waals surface area contributed by atoms with Gasteiger partial charge in [-0.3, -0.25) is 4.79 Å². The number of amides is 1. The first kappa shape index (κ1) is 13.9. The Kier molecular flexibility index (Phi) is 4.06. The van der Waals surface area contributed by atoms with Crippen LogP contribution in [0.25, 0.3) is 11.5 Å². The first-order chi connectivity index (χ1) is 10.3. The highest BCUT2D eigenvalue weighted by Crippen LogP contribution is 2.23. The molecule has 3 rings (SSSR count). The molecule has 1 amide bonds. The second-order valence-electron chi connectivity index (χ2n) is 5.24. The van der Waals surface area contributed by atoms with Crippen molar-refractivity contribution in [3.63, 3.8) is 0 Å². The van der Waals surface area contributed by atoms with E-state index in [2.05, 4.69) is 5.16 Å². The summed E-state index contributed by atoms with van der Waals surface area (Å²) >= 11 is 0. The molecule has 21 heavy (non-hydrogen) atoms. The number of likely N-dealkylation sites (tertiary alicyclic amines) is 1. The predicted molar refractivity (Wildman–Crippen MR) is 74.6 cm³/mol. The molecule has 1 saturated heterocycles. The molecule has 0 aromatic carbocycles. The summed E-state index contributed by atoms with van der Waals surface area (Å²) in [6.07, 6.45) is 5.43. The molecule has 1 aliphatic heterocycles. The minimum atomic E-state index is -0.197. The number of aromatic nitrogens is 1. The largest absolute Gasteiger partial charge is 0.461 e. The highest BCUT2D eigenvalue weighted by atomic mass is 16.5. The zero-order valence-electron chi connectivity index (χ0n) is 11.7. The van der Waals surface area contributed by atoms with E-state index in [0.717, 1.165) is 25.7 Å². The first-order valence-electron chi connectivity index (χ1n) is 7.22. The van der Waals surface area contributed by atoms with Gasteiger partial charge in [0.2, 0.25) is 5.76 Å². The van der Waals surface area contributed by atoms with Crippen molar-refractivity contribution >= 4 is 5.91 Å². The van der Waals surface area contributed by atoms with Crippen LogP contribution in [-0.2, 0) is 0 Å². The quantitative estimate of drug-likeness (QED) is 0.938. The molecule has 0 saturated carbocycles. The fraction of sp³-hybridized carbons (Fsp3) is 0.467. The van der Waals surface area contributed by atoms with E-state index in [0.29, 0.717) is 18.1 Å². The minimum Gasteiger partial charge on any atom is -0.461 e. The monoisotopic (exact) mass is 290 g/mol. The van der Waals surface area contributed by atoms with Gasteiger partial charge >= 0.3 is 0 Å². The van der Waals surface area contributed by atoms with Gasteiger partial charge < -0.3 is 18.9 Å². The third kappa shape index (κ3) is 2.85. The van der Waals surface area contributed by atoms with Gasteiger partial charge in [0.15, 0.2) is 11.5 Å². The molecule has 2 aromatic rings. The molecule has 6 heteroatoms. The summed E-state index contributed by atoms with van der Waals surface area (Å²) in [5.74, 6) is 0.771. The molecule has 1 atom stereocenters. The van der Waals surface area contributed by atoms with Gasteiger partial charge in [0.05, 0.1) is 18.9 Å². The lowest BCUT2D eigenvalue weighted by molar-refractivity contribution is 0.0589. The Hall–Kier alpha value is -2.08. The summed E-state index contributed by atoms with van der Waals surface area (Å²) in [5, 5.41) is 13.3. The number of rotatable bonds is 3. The second kappa shape index (κ2) is 6.13. The van der Waals surface area contributed by atoms with Gasteiger partial charge in [0.1, 0.15) is 0 Å². The molecule has 1 fully saturated rings. The molecule has 1 unspecified atom stereocenters. The minimum absolute atomic E-state index is 0.0192. The Balaban J connectivity index is 1.80. The second-order valence-corrected chi connectivity index (χ2v) is 5.24. The highest BCUT2D eigenvalue weighted by molar-refractivity contribution is 5.93. The lowest BCUT2D eigenvalue weighted by Gasteiger charge is -2.27. The van der Waals surface area contributed by atoms with Crippen LogP contribution in [0.2, 0.25) is 0 Å². The topological polar surface area (TPSA) is 79.7 Å². The molecule has 2 aromatic heterocycles. The summed E-state index contributed by atoms with van der Waals surface area (Å²) in [5.41, 5.74) is 0.252. The standard InChI is InChI=1S/C15H18N2O4/c18-10-11-5-2-1-3-7-17(11)15(19)12-9-14(21-16-12)13-6-4-8-20-13/h4,6,8-9,11,18H,1-3,5,7,10H2. The highest BCUT2D eigenvalue weighted by Gasteiger charge is 2.28. The average molecular weight is 290 g/mol. The van der Waals surface area contributed by atoms with Crippen LogP contribution in [0, 0.1) is 0 Å². The van der Waals surface area contributed by atoms with E-state index in [1.807, 2.05) is 0 Å². The zero-order chi connectivity index (χ0) is 14.7. The van der Waals surface area contributed by atoms with Gasteiger partial charge in [0.25, 0.3) is 5.91 Å². The van der Waals surface area contributed by atoms with Gasteiger partial charge in [-0.1, -0.05) is 18.0 Å². The summed E-state index contributed by atoms with van der Waals surface area (Å²) in [6.45, 7) is 0.627. The van der Waals surface area contributed by atoms with Gasteiger partial charge in [-0.2, -0.15) is 0 Å². The van der Waals surface area contributed by atoms with Crippen LogP contribution in [0.4, 0.5) is 0 Å². The number of furan rings is 1. The molecule has 0 aliphatic carbocycles. The Morgan fingerprint density at radius 1 is 1.38 bits per heavy atom. The molecule has 6 nitrogen and oxygen atoms in total. The van der Waals surface area contributed by atoms with Crippen LogP contribution >= 0.6 is 0 Å². The van der Waals surface area contributed by atoms with E-state index in [4.69, 9.17) is 8.94 Å². The van der Waals surface area contributed by atoms with Crippen molar-refractivity contribution in [2.75, 3.05) is 13.2 Å². The maximum atomic E-state index is 12.6. The SMILES string of the molecule is O=C(c1cc(-c2ccco2)on1)N1CCCCCC1CO. The van der Waals surface area contributed by atoms with Gasteiger partial charge in [-0.15, -0.1) is 0 Å². The van der Waals surface area contributed by atoms with Crippen LogP contribution in [0.5, 0.6) is 0 Å². The maximum Gasteiger partial charge on any atom is 0.276 e. The number of hydrogen-bond acceptors (Lipinski definition) is 5. The summed E-state index contributed by atoms with van der Waals surface area (Å²) in [7, 11) is 0. The lowest BCUT2D eigenvalue weighted by atomic mass is 10.1. The number of aliphatic hydroxyl groups excluding tert-OH is 1. The van der Waals surface area contributed by atoms with E-state index in [1.165, 1.54) is 6.26 Å². The van der Waals surface area contributed by atoms with Crippen LogP contribution in [0.3, 0.4) is 0 Å². The Morgan fingerprint density at radius 3 is 3.05 bits per heavy atom. The Labute approximate surface area is 122 Å². The van der Waals surface area contributed by atoms with Gasteiger partial charge in [0, 0.05) is 12.6 Å². The normalized spacial score (nSPS) is 19.5. The predicted octanol–water partition coefficient (Wildman–Crippen LogP) is 2.31. The van der Waals surface area contributed by atoms with Crippen molar-refractivity contribution < 1.29 is 18.8 Å². The number of carbonyl (C=O) groups excluding carboxylic acids is 1. The van der Waals surface area contributed by atoms with E-state index < -0.39 is 0 Å². The summed E-state index contributed by atoms with van der Waals surface area (Å²) < 4.78 is 10.4. The molecule has 1 N–H and O–H groups in total. The van der Waals surface area contributed by atoms with Crippen LogP contribution < -0.4 is 0 Å². The fourth-order valence-corrected chi connectivity index (χ4v) is 2.69. The number of aliphatic hydroxyl groups is 1. The van der Waals surface area contributed by atoms with Crippen molar-refractivity contribution in [1.82, 2.24) is 10.1 Å². The molecule has 0 radical (unpaired) electrons. The van der Waals surface area contributed by atoms with Gasteiger partial charge in [-0.05, 0) is 25.0 Å². The number of nitrogens with zero attached hydrogens (tertiary/aromatic N) is 2. The smallest absolute Gasteiger partial charge is 0.276 e. The Bertz CT molecular complexity index is 591. The van der Waals surface area contributed by atoms with Gasteiger partial charge in [-0.25, -0.2) is 0 Å². The third-order valence-electron chi connectivity index (χ3n) is 3.84. The van der Waals surface area contributed by atoms with Crippen molar-refractivity contribution in [1.29, 1.82) is 0 Å². The average Bonchev–Trinajstić information content (AvgIpc) is 3.13.